The van der Waals surface area contributed by atoms with Crippen molar-refractivity contribution < 1.29 is 13.2 Å². The summed E-state index contributed by atoms with van der Waals surface area (Å²) in [5.74, 6) is 2.49. The molecule has 1 aliphatic heterocycles. The van der Waals surface area contributed by atoms with Crippen LogP contribution in [-0.2, 0) is 26.7 Å². The second-order valence-electron chi connectivity index (χ2n) is 11.4. The topological polar surface area (TPSA) is 80.6 Å². The standard InChI is InChI=1S/C28H39N5O3S/c1-28(2,3)27-30-24-18-22(10-12-25(24)33(27)20-21-8-6-5-7-9-21)31(4)37(34,35)23-11-13-26(29-19-23)32-14-16-36-17-15-32/h10-13,18-19,21H,5-9,14-17,20H2,1-4H3. The molecule has 200 valence electrons. The van der Waals surface area contributed by atoms with Crippen LogP contribution in [0.2, 0.25) is 0 Å². The Hall–Kier alpha value is -2.65. The molecular weight excluding hydrogens is 486 g/mol. The summed E-state index contributed by atoms with van der Waals surface area (Å²) < 4.78 is 36.1. The third kappa shape index (κ3) is 5.34. The number of imidazole rings is 1. The van der Waals surface area contributed by atoms with Gasteiger partial charge in [-0.2, -0.15) is 0 Å². The van der Waals surface area contributed by atoms with E-state index < -0.39 is 10.0 Å². The first kappa shape index (κ1) is 26.0. The summed E-state index contributed by atoms with van der Waals surface area (Å²) in [6.07, 6.45) is 7.92. The average Bonchev–Trinajstić information content (AvgIpc) is 3.27. The van der Waals surface area contributed by atoms with Gasteiger partial charge in [-0.05, 0) is 49.1 Å². The minimum Gasteiger partial charge on any atom is -0.378 e. The van der Waals surface area contributed by atoms with E-state index in [4.69, 9.17) is 9.72 Å². The van der Waals surface area contributed by atoms with Crippen LogP contribution in [0.15, 0.2) is 41.4 Å². The molecule has 5 rings (SSSR count). The van der Waals surface area contributed by atoms with Gasteiger partial charge in [0.1, 0.15) is 16.5 Å². The lowest BCUT2D eigenvalue weighted by molar-refractivity contribution is 0.122. The quantitative estimate of drug-likeness (QED) is 0.452. The second-order valence-corrected chi connectivity index (χ2v) is 13.4. The highest BCUT2D eigenvalue weighted by molar-refractivity contribution is 7.92. The van der Waals surface area contributed by atoms with Crippen molar-refractivity contribution in [2.24, 2.45) is 5.92 Å². The molecule has 1 aromatic carbocycles. The van der Waals surface area contributed by atoms with E-state index in [-0.39, 0.29) is 10.3 Å². The maximum atomic E-state index is 13.5. The summed E-state index contributed by atoms with van der Waals surface area (Å²) in [6, 6.07) is 9.23. The van der Waals surface area contributed by atoms with Gasteiger partial charge >= 0.3 is 0 Å². The van der Waals surface area contributed by atoms with Crippen LogP contribution in [0.25, 0.3) is 11.0 Å². The van der Waals surface area contributed by atoms with Crippen LogP contribution in [0.1, 0.15) is 58.7 Å². The molecule has 0 N–H and O–H groups in total. The molecule has 0 unspecified atom stereocenters. The van der Waals surface area contributed by atoms with Crippen molar-refractivity contribution >= 4 is 32.6 Å². The van der Waals surface area contributed by atoms with Crippen LogP contribution in [0.3, 0.4) is 0 Å². The van der Waals surface area contributed by atoms with Crippen LogP contribution in [0.5, 0.6) is 0 Å². The Bertz CT molecular complexity index is 1330. The molecule has 1 saturated carbocycles. The van der Waals surface area contributed by atoms with Crippen molar-refractivity contribution in [2.45, 2.75) is 69.7 Å². The smallest absolute Gasteiger partial charge is 0.265 e. The van der Waals surface area contributed by atoms with Crippen molar-refractivity contribution in [3.63, 3.8) is 0 Å². The molecule has 1 aliphatic carbocycles. The third-order valence-electron chi connectivity index (χ3n) is 7.65. The number of morpholine rings is 1. The van der Waals surface area contributed by atoms with E-state index in [1.165, 1.54) is 42.6 Å². The lowest BCUT2D eigenvalue weighted by Gasteiger charge is -2.28. The fourth-order valence-electron chi connectivity index (χ4n) is 5.50. The van der Waals surface area contributed by atoms with E-state index in [0.29, 0.717) is 24.8 Å². The molecule has 2 aromatic heterocycles. The molecule has 0 spiro atoms. The Morgan fingerprint density at radius 3 is 2.43 bits per heavy atom. The number of sulfonamides is 1. The van der Waals surface area contributed by atoms with E-state index in [1.807, 2.05) is 18.2 Å². The minimum atomic E-state index is -3.77. The van der Waals surface area contributed by atoms with Gasteiger partial charge in [0.05, 0.1) is 29.9 Å². The van der Waals surface area contributed by atoms with Crippen LogP contribution in [0, 0.1) is 5.92 Å². The van der Waals surface area contributed by atoms with E-state index in [0.717, 1.165) is 42.3 Å². The van der Waals surface area contributed by atoms with Gasteiger partial charge < -0.3 is 14.2 Å². The molecule has 0 radical (unpaired) electrons. The van der Waals surface area contributed by atoms with Crippen LogP contribution in [0.4, 0.5) is 11.5 Å². The van der Waals surface area contributed by atoms with Gasteiger partial charge in [0, 0.05) is 38.3 Å². The van der Waals surface area contributed by atoms with E-state index in [9.17, 15) is 8.42 Å². The zero-order chi connectivity index (χ0) is 26.2. The zero-order valence-electron chi connectivity index (χ0n) is 22.5. The van der Waals surface area contributed by atoms with Gasteiger partial charge in [0.25, 0.3) is 10.0 Å². The third-order valence-corrected chi connectivity index (χ3v) is 9.42. The van der Waals surface area contributed by atoms with E-state index in [2.05, 4.69) is 35.2 Å². The van der Waals surface area contributed by atoms with Crippen molar-refractivity contribution in [1.82, 2.24) is 14.5 Å². The second kappa shape index (κ2) is 10.3. The monoisotopic (exact) mass is 525 g/mol. The van der Waals surface area contributed by atoms with Crippen LogP contribution in [-0.4, -0.2) is 56.3 Å². The fourth-order valence-corrected chi connectivity index (χ4v) is 6.63. The number of nitrogens with zero attached hydrogens (tertiary/aromatic N) is 5. The predicted octanol–water partition coefficient (Wildman–Crippen LogP) is 4.97. The predicted molar refractivity (Wildman–Crippen MR) is 148 cm³/mol. The van der Waals surface area contributed by atoms with Crippen LogP contribution < -0.4 is 9.21 Å². The SMILES string of the molecule is CN(c1ccc2c(c1)nc(C(C)(C)C)n2CC1CCCCC1)S(=O)(=O)c1ccc(N2CCOCC2)nc1. The number of benzene rings is 1. The summed E-state index contributed by atoms with van der Waals surface area (Å²) in [4.78, 5) is 11.7. The van der Waals surface area contributed by atoms with Gasteiger partial charge in [0.2, 0.25) is 0 Å². The molecule has 0 amide bonds. The Morgan fingerprint density at radius 1 is 1.05 bits per heavy atom. The first-order valence-corrected chi connectivity index (χ1v) is 14.9. The van der Waals surface area contributed by atoms with E-state index >= 15 is 0 Å². The maximum Gasteiger partial charge on any atom is 0.265 e. The average molecular weight is 526 g/mol. The van der Waals surface area contributed by atoms with Crippen LogP contribution >= 0.6 is 0 Å². The van der Waals surface area contributed by atoms with Crippen molar-refractivity contribution in [1.29, 1.82) is 0 Å². The van der Waals surface area contributed by atoms with E-state index in [1.54, 1.807) is 19.2 Å². The molecule has 0 atom stereocenters. The molecule has 0 bridgehead atoms. The van der Waals surface area contributed by atoms with Crippen molar-refractivity contribution in [3.8, 4) is 0 Å². The highest BCUT2D eigenvalue weighted by Crippen LogP contribution is 2.33. The zero-order valence-corrected chi connectivity index (χ0v) is 23.3. The van der Waals surface area contributed by atoms with Gasteiger partial charge in [-0.15, -0.1) is 0 Å². The first-order valence-electron chi connectivity index (χ1n) is 13.4. The van der Waals surface area contributed by atoms with Gasteiger partial charge in [-0.3, -0.25) is 4.31 Å². The largest absolute Gasteiger partial charge is 0.378 e. The summed E-state index contributed by atoms with van der Waals surface area (Å²) in [5.41, 5.74) is 2.38. The summed E-state index contributed by atoms with van der Waals surface area (Å²) >= 11 is 0. The fraction of sp³-hybridized carbons (Fsp3) is 0.571. The van der Waals surface area contributed by atoms with Gasteiger partial charge in [0.15, 0.2) is 0 Å². The molecule has 9 heteroatoms. The molecule has 3 aromatic rings. The molecule has 1 saturated heterocycles. The Morgan fingerprint density at radius 2 is 1.78 bits per heavy atom. The first-order chi connectivity index (χ1) is 17.6. The summed E-state index contributed by atoms with van der Waals surface area (Å²) in [5, 5.41) is 0. The lowest BCUT2D eigenvalue weighted by Crippen LogP contribution is -2.36. The number of hydrogen-bond donors (Lipinski definition) is 0. The Labute approximate surface area is 220 Å². The summed E-state index contributed by atoms with van der Waals surface area (Å²) in [7, 11) is -2.18. The molecule has 2 fully saturated rings. The number of aromatic nitrogens is 3. The normalized spacial score (nSPS) is 17.9. The van der Waals surface area contributed by atoms with Gasteiger partial charge in [-0.25, -0.2) is 18.4 Å². The highest BCUT2D eigenvalue weighted by atomic mass is 32.2. The number of fused-ring (bicyclic) bond motifs is 1. The maximum absolute atomic E-state index is 13.5. The minimum absolute atomic E-state index is 0.111. The molecular formula is C28H39N5O3S. The number of anilines is 2. The van der Waals surface area contributed by atoms with Gasteiger partial charge in [-0.1, -0.05) is 40.0 Å². The molecule has 3 heterocycles. The lowest BCUT2D eigenvalue weighted by atomic mass is 9.88. The Kier molecular flexibility index (Phi) is 7.20. The molecule has 8 nitrogen and oxygen atoms in total. The number of pyridine rings is 1. The number of ether oxygens (including phenoxy) is 1. The Balaban J connectivity index is 1.43. The molecule has 37 heavy (non-hydrogen) atoms. The molecule has 2 aliphatic rings. The highest BCUT2D eigenvalue weighted by Gasteiger charge is 2.27. The van der Waals surface area contributed by atoms with Crippen molar-refractivity contribution in [2.75, 3.05) is 42.6 Å². The summed E-state index contributed by atoms with van der Waals surface area (Å²) in [6.45, 7) is 10.4. The number of hydrogen-bond acceptors (Lipinski definition) is 6. The van der Waals surface area contributed by atoms with Crippen molar-refractivity contribution in [3.05, 3.63) is 42.4 Å². The number of rotatable bonds is 6.